The molecule has 3 aromatic carbocycles. The van der Waals surface area contributed by atoms with Crippen LogP contribution >= 0.6 is 0 Å². The fourth-order valence-corrected chi connectivity index (χ4v) is 2.93. The number of carbonyl (C=O) groups is 1. The Labute approximate surface area is 170 Å². The molecule has 3 aromatic rings. The van der Waals surface area contributed by atoms with Crippen molar-refractivity contribution < 1.29 is 23.7 Å². The summed E-state index contributed by atoms with van der Waals surface area (Å²) < 4.78 is 22.0. The molecular weight excluding hydrogens is 368 g/mol. The second kappa shape index (κ2) is 8.23. The van der Waals surface area contributed by atoms with E-state index in [-0.39, 0.29) is 11.6 Å². The van der Waals surface area contributed by atoms with Gasteiger partial charge in [-0.15, -0.1) is 0 Å². The summed E-state index contributed by atoms with van der Waals surface area (Å²) in [5.74, 6) is 0.931. The summed E-state index contributed by atoms with van der Waals surface area (Å²) in [7, 11) is 0. The van der Waals surface area contributed by atoms with Gasteiger partial charge in [-0.05, 0) is 61.0 Å². The Morgan fingerprint density at radius 1 is 0.966 bits per heavy atom. The topological polar surface area (TPSA) is 57.3 Å². The lowest BCUT2D eigenvalue weighted by molar-refractivity contribution is 0.0640. The summed E-state index contributed by atoms with van der Waals surface area (Å²) in [6.45, 7) is 6.36. The Balaban J connectivity index is 1.34. The molecule has 5 heteroatoms. The summed E-state index contributed by atoms with van der Waals surface area (Å²) >= 11 is 0. The van der Waals surface area contributed by atoms with E-state index in [0.717, 1.165) is 28.7 Å². The van der Waals surface area contributed by atoms with Crippen LogP contribution in [-0.2, 0) is 9.47 Å². The number of carbonyl (C=O) groups excluding carboxylic acids is 1. The summed E-state index contributed by atoms with van der Waals surface area (Å²) in [5.41, 5.74) is 1.53. The van der Waals surface area contributed by atoms with Crippen molar-refractivity contribution >= 4 is 16.7 Å². The standard InChI is InChI=1S/C24H24O5/c1-17-3-8-21(9-4-17)29-23(25)20-6-5-19-14-22(10-7-18(19)13-20)27-12-11-26-15-24(2)16-28-24/h3-10,13-14H,11-12,15-16H2,1-2H3. The van der Waals surface area contributed by atoms with E-state index in [9.17, 15) is 4.79 Å². The maximum atomic E-state index is 12.4. The van der Waals surface area contributed by atoms with E-state index in [1.54, 1.807) is 18.2 Å². The number of rotatable bonds is 8. The molecule has 0 aliphatic carbocycles. The van der Waals surface area contributed by atoms with E-state index in [2.05, 4.69) is 0 Å². The highest BCUT2D eigenvalue weighted by molar-refractivity contribution is 5.96. The monoisotopic (exact) mass is 392 g/mol. The minimum absolute atomic E-state index is 0.0960. The van der Waals surface area contributed by atoms with Gasteiger partial charge in [-0.2, -0.15) is 0 Å². The van der Waals surface area contributed by atoms with Crippen LogP contribution in [0, 0.1) is 6.92 Å². The highest BCUT2D eigenvalue weighted by atomic mass is 16.6. The van der Waals surface area contributed by atoms with Crippen molar-refractivity contribution in [3.63, 3.8) is 0 Å². The zero-order valence-corrected chi connectivity index (χ0v) is 16.6. The molecule has 0 N–H and O–H groups in total. The molecule has 0 radical (unpaired) electrons. The Kier molecular flexibility index (Phi) is 5.51. The molecule has 1 unspecified atom stereocenters. The van der Waals surface area contributed by atoms with Crippen LogP contribution in [0.25, 0.3) is 10.8 Å². The molecule has 0 spiro atoms. The van der Waals surface area contributed by atoms with Crippen molar-refractivity contribution in [2.24, 2.45) is 0 Å². The molecule has 1 fully saturated rings. The van der Waals surface area contributed by atoms with E-state index in [4.69, 9.17) is 18.9 Å². The molecule has 0 saturated carbocycles. The van der Waals surface area contributed by atoms with Crippen molar-refractivity contribution in [3.05, 3.63) is 71.8 Å². The number of benzene rings is 3. The third kappa shape index (κ3) is 5.13. The maximum absolute atomic E-state index is 12.4. The number of ether oxygens (including phenoxy) is 4. The number of hydrogen-bond acceptors (Lipinski definition) is 5. The third-order valence-electron chi connectivity index (χ3n) is 4.82. The van der Waals surface area contributed by atoms with Crippen LogP contribution in [0.5, 0.6) is 11.5 Å². The van der Waals surface area contributed by atoms with Gasteiger partial charge in [0.15, 0.2) is 0 Å². The first-order chi connectivity index (χ1) is 14.0. The smallest absolute Gasteiger partial charge is 0.343 e. The quantitative estimate of drug-likeness (QED) is 0.244. The minimum Gasteiger partial charge on any atom is -0.491 e. The first-order valence-electron chi connectivity index (χ1n) is 9.68. The number of hydrogen-bond donors (Lipinski definition) is 0. The first-order valence-corrected chi connectivity index (χ1v) is 9.68. The molecule has 1 atom stereocenters. The maximum Gasteiger partial charge on any atom is 0.343 e. The molecule has 29 heavy (non-hydrogen) atoms. The highest BCUT2D eigenvalue weighted by Crippen LogP contribution is 2.26. The average Bonchev–Trinajstić information content (AvgIpc) is 3.46. The predicted molar refractivity (Wildman–Crippen MR) is 111 cm³/mol. The first kappa shape index (κ1) is 19.4. The van der Waals surface area contributed by atoms with Crippen molar-refractivity contribution in [1.29, 1.82) is 0 Å². The molecule has 0 aromatic heterocycles. The van der Waals surface area contributed by atoms with Crippen molar-refractivity contribution in [2.45, 2.75) is 19.4 Å². The van der Waals surface area contributed by atoms with Crippen molar-refractivity contribution in [2.75, 3.05) is 26.4 Å². The minimum atomic E-state index is -0.374. The Morgan fingerprint density at radius 3 is 2.41 bits per heavy atom. The highest BCUT2D eigenvalue weighted by Gasteiger charge is 2.39. The van der Waals surface area contributed by atoms with Gasteiger partial charge in [0, 0.05) is 0 Å². The summed E-state index contributed by atoms with van der Waals surface area (Å²) in [4.78, 5) is 12.4. The van der Waals surface area contributed by atoms with Gasteiger partial charge in [-0.1, -0.05) is 29.8 Å². The Morgan fingerprint density at radius 2 is 1.66 bits per heavy atom. The zero-order chi connectivity index (χ0) is 20.3. The van der Waals surface area contributed by atoms with E-state index in [0.29, 0.717) is 31.1 Å². The lowest BCUT2D eigenvalue weighted by atomic mass is 10.1. The molecule has 1 heterocycles. The van der Waals surface area contributed by atoms with Crippen LogP contribution in [0.4, 0.5) is 0 Å². The second-order valence-electron chi connectivity index (χ2n) is 7.57. The third-order valence-corrected chi connectivity index (χ3v) is 4.82. The van der Waals surface area contributed by atoms with E-state index in [1.807, 2.05) is 56.3 Å². The van der Waals surface area contributed by atoms with Crippen molar-refractivity contribution in [3.8, 4) is 11.5 Å². The number of fused-ring (bicyclic) bond motifs is 1. The van der Waals surface area contributed by atoms with E-state index < -0.39 is 0 Å². The second-order valence-corrected chi connectivity index (χ2v) is 7.57. The largest absolute Gasteiger partial charge is 0.491 e. The fraction of sp³-hybridized carbons (Fsp3) is 0.292. The van der Waals surface area contributed by atoms with Gasteiger partial charge < -0.3 is 18.9 Å². The Hall–Kier alpha value is -2.89. The van der Waals surface area contributed by atoms with Gasteiger partial charge in [0.2, 0.25) is 0 Å². The van der Waals surface area contributed by atoms with Gasteiger partial charge in [-0.3, -0.25) is 0 Å². The molecule has 0 amide bonds. The summed E-state index contributed by atoms with van der Waals surface area (Å²) in [6, 6.07) is 18.7. The van der Waals surface area contributed by atoms with Crippen molar-refractivity contribution in [1.82, 2.24) is 0 Å². The molecule has 150 valence electrons. The molecule has 4 rings (SSSR count). The van der Waals surface area contributed by atoms with E-state index in [1.165, 1.54) is 0 Å². The van der Waals surface area contributed by atoms with Crippen LogP contribution in [0.1, 0.15) is 22.8 Å². The summed E-state index contributed by atoms with van der Waals surface area (Å²) in [5, 5.41) is 1.94. The van der Waals surface area contributed by atoms with Gasteiger partial charge in [-0.25, -0.2) is 4.79 Å². The van der Waals surface area contributed by atoms with Crippen LogP contribution < -0.4 is 9.47 Å². The SMILES string of the molecule is Cc1ccc(OC(=O)c2ccc3cc(OCCOCC4(C)CO4)ccc3c2)cc1. The predicted octanol–water partition coefficient (Wildman–Crippen LogP) is 4.55. The van der Waals surface area contributed by atoms with Crippen LogP contribution in [-0.4, -0.2) is 38.0 Å². The van der Waals surface area contributed by atoms with Gasteiger partial charge in [0.25, 0.3) is 0 Å². The number of aryl methyl sites for hydroxylation is 1. The lowest BCUT2D eigenvalue weighted by Gasteiger charge is -2.10. The number of epoxide rings is 1. The van der Waals surface area contributed by atoms with Crippen LogP contribution in [0.15, 0.2) is 60.7 Å². The normalized spacial score (nSPS) is 17.9. The fourth-order valence-electron chi connectivity index (χ4n) is 2.93. The Bertz CT molecular complexity index is 1010. The molecular formula is C24H24O5. The number of esters is 1. The lowest BCUT2D eigenvalue weighted by Crippen LogP contribution is -2.17. The van der Waals surface area contributed by atoms with Crippen LogP contribution in [0.3, 0.4) is 0 Å². The van der Waals surface area contributed by atoms with Gasteiger partial charge in [0.1, 0.15) is 23.7 Å². The van der Waals surface area contributed by atoms with Crippen LogP contribution in [0.2, 0.25) is 0 Å². The summed E-state index contributed by atoms with van der Waals surface area (Å²) in [6.07, 6.45) is 0. The molecule has 1 saturated heterocycles. The molecule has 5 nitrogen and oxygen atoms in total. The van der Waals surface area contributed by atoms with Gasteiger partial charge in [0.05, 0.1) is 25.4 Å². The zero-order valence-electron chi connectivity index (χ0n) is 16.6. The molecule has 0 bridgehead atoms. The van der Waals surface area contributed by atoms with Gasteiger partial charge >= 0.3 is 5.97 Å². The average molecular weight is 392 g/mol. The van der Waals surface area contributed by atoms with E-state index >= 15 is 0 Å². The molecule has 1 aliphatic heterocycles. The molecule has 1 aliphatic rings.